The minimum Gasteiger partial charge on any atom is -0.386 e. The number of nitrogens with zero attached hydrogens (tertiary/aromatic N) is 1. The lowest BCUT2D eigenvalue weighted by atomic mass is 9.84. The highest BCUT2D eigenvalue weighted by Gasteiger charge is 2.52. The van der Waals surface area contributed by atoms with E-state index in [0.29, 0.717) is 17.0 Å². The first-order chi connectivity index (χ1) is 10.0. The number of likely N-dealkylation sites (tertiary alicyclic amines) is 1. The summed E-state index contributed by atoms with van der Waals surface area (Å²) >= 11 is 6.05. The zero-order chi connectivity index (χ0) is 15.0. The van der Waals surface area contributed by atoms with Gasteiger partial charge in [-0.25, -0.2) is 0 Å². The highest BCUT2D eigenvalue weighted by molar-refractivity contribution is 6.31. The summed E-state index contributed by atoms with van der Waals surface area (Å²) in [7, 11) is 0. The predicted molar refractivity (Wildman–Crippen MR) is 78.6 cm³/mol. The second kappa shape index (κ2) is 5.43. The lowest BCUT2D eigenvalue weighted by Gasteiger charge is -2.23. The van der Waals surface area contributed by atoms with Crippen LogP contribution >= 0.6 is 11.6 Å². The first kappa shape index (κ1) is 14.5. The number of benzene rings is 1. The van der Waals surface area contributed by atoms with Crippen molar-refractivity contribution in [2.45, 2.75) is 38.2 Å². The molecule has 3 rings (SSSR count). The van der Waals surface area contributed by atoms with Gasteiger partial charge in [0.15, 0.2) is 0 Å². The molecule has 1 heterocycles. The number of hydrogen-bond donors (Lipinski definition) is 1. The fourth-order valence-electron chi connectivity index (χ4n) is 3.50. The number of aliphatic hydroxyl groups is 1. The Morgan fingerprint density at radius 1 is 1.24 bits per heavy atom. The average molecular weight is 308 g/mol. The topological polar surface area (TPSA) is 57.6 Å². The Morgan fingerprint density at radius 2 is 1.90 bits per heavy atom. The number of carbonyl (C=O) groups excluding carboxylic acids is 2. The summed E-state index contributed by atoms with van der Waals surface area (Å²) < 4.78 is 0. The van der Waals surface area contributed by atoms with Crippen LogP contribution in [0.25, 0.3) is 0 Å². The van der Waals surface area contributed by atoms with Gasteiger partial charge in [0.05, 0.1) is 18.1 Å². The van der Waals surface area contributed by atoms with Gasteiger partial charge in [0.1, 0.15) is 0 Å². The van der Waals surface area contributed by atoms with Crippen LogP contribution < -0.4 is 0 Å². The number of β-amino-alcohol motifs (C(OH)–C–C–N with tert-alkyl or cyclic N) is 1. The summed E-state index contributed by atoms with van der Waals surface area (Å²) in [5.74, 6) is -0.288. The Balaban J connectivity index is 1.77. The van der Waals surface area contributed by atoms with Gasteiger partial charge < -0.3 is 5.11 Å². The highest BCUT2D eigenvalue weighted by atomic mass is 35.5. The van der Waals surface area contributed by atoms with Gasteiger partial charge in [-0.2, -0.15) is 0 Å². The van der Waals surface area contributed by atoms with E-state index < -0.39 is 11.5 Å². The summed E-state index contributed by atoms with van der Waals surface area (Å²) in [4.78, 5) is 25.9. The molecule has 0 unspecified atom stereocenters. The summed E-state index contributed by atoms with van der Waals surface area (Å²) in [6.45, 7) is -0.0108. The molecule has 1 saturated carbocycles. The molecule has 1 saturated heterocycles. The van der Waals surface area contributed by atoms with E-state index in [0.717, 1.165) is 25.7 Å². The van der Waals surface area contributed by atoms with Crippen LogP contribution in [0.2, 0.25) is 5.02 Å². The van der Waals surface area contributed by atoms with Crippen molar-refractivity contribution in [2.75, 3.05) is 6.54 Å². The number of amides is 2. The predicted octanol–water partition coefficient (Wildman–Crippen LogP) is 2.69. The first-order valence-electron chi connectivity index (χ1n) is 7.31. The van der Waals surface area contributed by atoms with Crippen molar-refractivity contribution in [2.24, 2.45) is 5.41 Å². The minimum absolute atomic E-state index is 0.0108. The van der Waals surface area contributed by atoms with Crippen LogP contribution in [0.15, 0.2) is 24.3 Å². The molecule has 1 N–H and O–H groups in total. The molecular weight excluding hydrogens is 290 g/mol. The maximum absolute atomic E-state index is 12.6. The zero-order valence-electron chi connectivity index (χ0n) is 11.7. The van der Waals surface area contributed by atoms with Gasteiger partial charge in [0.2, 0.25) is 11.8 Å². The lowest BCUT2D eigenvalue weighted by Crippen LogP contribution is -2.37. The van der Waals surface area contributed by atoms with Crippen LogP contribution in [0.4, 0.5) is 0 Å². The SMILES string of the molecule is O=C1CC2(CCCC2)C(=O)N1C[C@@H](O)c1ccccc1Cl. The number of carbonyl (C=O) groups is 2. The Labute approximate surface area is 128 Å². The number of imide groups is 1. The maximum Gasteiger partial charge on any atom is 0.236 e. The Hall–Kier alpha value is -1.39. The van der Waals surface area contributed by atoms with Gasteiger partial charge in [0.25, 0.3) is 0 Å². The van der Waals surface area contributed by atoms with Crippen molar-refractivity contribution >= 4 is 23.4 Å². The van der Waals surface area contributed by atoms with E-state index in [1.165, 1.54) is 4.90 Å². The van der Waals surface area contributed by atoms with Crippen molar-refractivity contribution in [3.8, 4) is 0 Å². The molecular formula is C16H18ClNO3. The summed E-state index contributed by atoms with van der Waals surface area (Å²) in [6.07, 6.45) is 2.93. The smallest absolute Gasteiger partial charge is 0.236 e. The monoisotopic (exact) mass is 307 g/mol. The Morgan fingerprint density at radius 3 is 2.57 bits per heavy atom. The molecule has 21 heavy (non-hydrogen) atoms. The van der Waals surface area contributed by atoms with E-state index >= 15 is 0 Å². The van der Waals surface area contributed by atoms with Crippen LogP contribution in [0.3, 0.4) is 0 Å². The van der Waals surface area contributed by atoms with Gasteiger partial charge in [-0.1, -0.05) is 42.6 Å². The molecule has 4 nitrogen and oxygen atoms in total. The zero-order valence-corrected chi connectivity index (χ0v) is 12.5. The molecule has 1 atom stereocenters. The van der Waals surface area contributed by atoms with Crippen LogP contribution in [0, 0.1) is 5.41 Å². The molecule has 2 amide bonds. The standard InChI is InChI=1S/C16H18ClNO3/c17-12-6-2-1-5-11(12)13(19)10-18-14(20)9-16(15(18)21)7-3-4-8-16/h1-2,5-6,13,19H,3-4,7-10H2/t13-/m1/s1. The molecule has 1 aromatic carbocycles. The second-order valence-electron chi connectivity index (χ2n) is 6.01. The molecule has 2 fully saturated rings. The average Bonchev–Trinajstić information content (AvgIpc) is 3.01. The summed E-state index contributed by atoms with van der Waals surface area (Å²) in [5, 5.41) is 10.7. The van der Waals surface area contributed by atoms with Crippen LogP contribution in [-0.2, 0) is 9.59 Å². The summed E-state index contributed by atoms with van der Waals surface area (Å²) in [6, 6.07) is 6.95. The second-order valence-corrected chi connectivity index (χ2v) is 6.42. The third kappa shape index (κ3) is 2.47. The van der Waals surface area contributed by atoms with Crippen molar-refractivity contribution in [3.05, 3.63) is 34.9 Å². The number of rotatable bonds is 3. The fraction of sp³-hybridized carbons (Fsp3) is 0.500. The quantitative estimate of drug-likeness (QED) is 0.874. The van der Waals surface area contributed by atoms with Crippen molar-refractivity contribution in [1.29, 1.82) is 0 Å². The van der Waals surface area contributed by atoms with E-state index in [-0.39, 0.29) is 18.4 Å². The Bertz CT molecular complexity index is 581. The number of hydrogen-bond acceptors (Lipinski definition) is 3. The fourth-order valence-corrected chi connectivity index (χ4v) is 3.77. The highest BCUT2D eigenvalue weighted by Crippen LogP contribution is 2.47. The maximum atomic E-state index is 12.6. The van der Waals surface area contributed by atoms with Crippen LogP contribution in [0.1, 0.15) is 43.8 Å². The van der Waals surface area contributed by atoms with Gasteiger partial charge in [0, 0.05) is 17.0 Å². The Kier molecular flexibility index (Phi) is 3.76. The van der Waals surface area contributed by atoms with Crippen molar-refractivity contribution < 1.29 is 14.7 Å². The molecule has 0 radical (unpaired) electrons. The van der Waals surface area contributed by atoms with Gasteiger partial charge >= 0.3 is 0 Å². The molecule has 1 aromatic rings. The van der Waals surface area contributed by atoms with Gasteiger partial charge in [-0.05, 0) is 18.9 Å². The summed E-state index contributed by atoms with van der Waals surface area (Å²) in [5.41, 5.74) is 0.0595. The van der Waals surface area contributed by atoms with Gasteiger partial charge in [-0.15, -0.1) is 0 Å². The normalized spacial score (nSPS) is 22.3. The molecule has 1 aliphatic carbocycles. The molecule has 2 aliphatic rings. The molecule has 5 heteroatoms. The third-order valence-corrected chi connectivity index (χ3v) is 5.01. The third-order valence-electron chi connectivity index (χ3n) is 4.67. The number of halogens is 1. The lowest BCUT2D eigenvalue weighted by molar-refractivity contribution is -0.143. The molecule has 112 valence electrons. The largest absolute Gasteiger partial charge is 0.386 e. The van der Waals surface area contributed by atoms with E-state index in [4.69, 9.17) is 11.6 Å². The molecule has 0 aromatic heterocycles. The molecule has 1 aliphatic heterocycles. The van der Waals surface area contributed by atoms with Crippen LogP contribution in [0.5, 0.6) is 0 Å². The first-order valence-corrected chi connectivity index (χ1v) is 7.69. The van der Waals surface area contributed by atoms with E-state index in [1.54, 1.807) is 24.3 Å². The molecule has 1 spiro atoms. The van der Waals surface area contributed by atoms with E-state index in [9.17, 15) is 14.7 Å². The number of aliphatic hydroxyl groups excluding tert-OH is 1. The molecule has 0 bridgehead atoms. The van der Waals surface area contributed by atoms with Gasteiger partial charge in [-0.3, -0.25) is 14.5 Å². The minimum atomic E-state index is -0.942. The van der Waals surface area contributed by atoms with Crippen molar-refractivity contribution in [3.63, 3.8) is 0 Å². The van der Waals surface area contributed by atoms with E-state index in [2.05, 4.69) is 0 Å². The van der Waals surface area contributed by atoms with Crippen molar-refractivity contribution in [1.82, 2.24) is 4.90 Å². The van der Waals surface area contributed by atoms with E-state index in [1.807, 2.05) is 0 Å². The van der Waals surface area contributed by atoms with Crippen LogP contribution in [-0.4, -0.2) is 28.4 Å².